The van der Waals surface area contributed by atoms with Gasteiger partial charge >= 0.3 is 0 Å². The molecular formula is C28H40N2. The van der Waals surface area contributed by atoms with Gasteiger partial charge in [-0.1, -0.05) is 73.6 Å². The van der Waals surface area contributed by atoms with E-state index in [1.807, 2.05) is 0 Å². The van der Waals surface area contributed by atoms with Crippen molar-refractivity contribution in [1.29, 1.82) is 0 Å². The van der Waals surface area contributed by atoms with Crippen LogP contribution in [0.3, 0.4) is 0 Å². The quantitative estimate of drug-likeness (QED) is 0.514. The standard InChI is InChI=1S/C28H40N2/c1-19(2)25-12-11-13-26(20(25)3)30-15-14-29(21(30)4)24-17-22(27(5,6)7)16-23(18-24)28(8,9)10/h11-19,21H,1-10H3/t21-/m1/s1. The van der Waals surface area contributed by atoms with Gasteiger partial charge < -0.3 is 9.80 Å². The van der Waals surface area contributed by atoms with Crippen LogP contribution < -0.4 is 9.80 Å². The highest BCUT2D eigenvalue weighted by molar-refractivity contribution is 5.66. The van der Waals surface area contributed by atoms with E-state index in [2.05, 4.69) is 128 Å². The third kappa shape index (κ3) is 4.29. The maximum Gasteiger partial charge on any atom is 0.107 e. The van der Waals surface area contributed by atoms with Gasteiger partial charge in [0.15, 0.2) is 0 Å². The van der Waals surface area contributed by atoms with Gasteiger partial charge in [0.25, 0.3) is 0 Å². The first-order valence-electron chi connectivity index (χ1n) is 11.3. The van der Waals surface area contributed by atoms with Crippen molar-refractivity contribution in [2.75, 3.05) is 9.80 Å². The maximum absolute atomic E-state index is 2.41. The van der Waals surface area contributed by atoms with Gasteiger partial charge in [0, 0.05) is 23.8 Å². The van der Waals surface area contributed by atoms with Crippen LogP contribution in [-0.4, -0.2) is 6.17 Å². The summed E-state index contributed by atoms with van der Waals surface area (Å²) in [7, 11) is 0. The summed E-state index contributed by atoms with van der Waals surface area (Å²) in [5.74, 6) is 0.528. The normalized spacial score (nSPS) is 17.4. The van der Waals surface area contributed by atoms with E-state index < -0.39 is 0 Å². The van der Waals surface area contributed by atoms with Crippen molar-refractivity contribution < 1.29 is 0 Å². The van der Waals surface area contributed by atoms with Crippen LogP contribution in [0.25, 0.3) is 0 Å². The Morgan fingerprint density at radius 2 is 1.33 bits per heavy atom. The first-order chi connectivity index (χ1) is 13.8. The van der Waals surface area contributed by atoms with Crippen molar-refractivity contribution in [3.63, 3.8) is 0 Å². The SMILES string of the molecule is Cc1c(C(C)C)cccc1N1C=CN(c2cc(C(C)(C)C)cc(C(C)(C)C)c2)[C@H]1C. The number of rotatable bonds is 3. The number of hydrogen-bond donors (Lipinski definition) is 0. The van der Waals surface area contributed by atoms with Crippen LogP contribution in [0.5, 0.6) is 0 Å². The lowest BCUT2D eigenvalue weighted by atomic mass is 9.80. The minimum Gasteiger partial charge on any atom is -0.326 e. The molecule has 0 spiro atoms. The van der Waals surface area contributed by atoms with Gasteiger partial charge in [-0.05, 0) is 71.0 Å². The molecule has 0 unspecified atom stereocenters. The van der Waals surface area contributed by atoms with Crippen LogP contribution in [0.2, 0.25) is 0 Å². The fourth-order valence-electron chi connectivity index (χ4n) is 4.28. The predicted molar refractivity (Wildman–Crippen MR) is 133 cm³/mol. The van der Waals surface area contributed by atoms with Gasteiger partial charge in [0.1, 0.15) is 6.17 Å². The van der Waals surface area contributed by atoms with E-state index in [4.69, 9.17) is 0 Å². The van der Waals surface area contributed by atoms with E-state index >= 15 is 0 Å². The van der Waals surface area contributed by atoms with E-state index in [1.54, 1.807) is 0 Å². The minimum absolute atomic E-state index is 0.116. The highest BCUT2D eigenvalue weighted by atomic mass is 15.4. The summed E-state index contributed by atoms with van der Waals surface area (Å²) in [6.07, 6.45) is 4.70. The Hall–Kier alpha value is -2.22. The average molecular weight is 405 g/mol. The third-order valence-electron chi connectivity index (χ3n) is 6.39. The minimum atomic E-state index is 0.116. The first-order valence-corrected chi connectivity index (χ1v) is 11.3. The molecule has 162 valence electrons. The van der Waals surface area contributed by atoms with Crippen molar-refractivity contribution in [3.8, 4) is 0 Å². The van der Waals surface area contributed by atoms with Crippen molar-refractivity contribution in [2.24, 2.45) is 0 Å². The highest BCUT2D eigenvalue weighted by Gasteiger charge is 2.28. The lowest BCUT2D eigenvalue weighted by molar-refractivity contribution is 0.568. The highest BCUT2D eigenvalue weighted by Crippen LogP contribution is 2.37. The molecule has 2 nitrogen and oxygen atoms in total. The van der Waals surface area contributed by atoms with E-state index in [-0.39, 0.29) is 17.0 Å². The van der Waals surface area contributed by atoms with Crippen molar-refractivity contribution in [3.05, 3.63) is 71.1 Å². The molecule has 0 fully saturated rings. The summed E-state index contributed by atoms with van der Waals surface area (Å²) >= 11 is 0. The van der Waals surface area contributed by atoms with Crippen molar-refractivity contribution >= 4 is 11.4 Å². The smallest absolute Gasteiger partial charge is 0.107 e. The van der Waals surface area contributed by atoms with Crippen molar-refractivity contribution in [2.45, 2.75) is 92.2 Å². The average Bonchev–Trinajstić information content (AvgIpc) is 3.01. The molecule has 1 atom stereocenters. The fraction of sp³-hybridized carbons (Fsp3) is 0.500. The summed E-state index contributed by atoms with van der Waals surface area (Å²) in [5.41, 5.74) is 8.39. The van der Waals surface area contributed by atoms with E-state index in [1.165, 1.54) is 33.6 Å². The molecule has 3 rings (SSSR count). The molecule has 0 amide bonds. The number of anilines is 2. The number of benzene rings is 2. The molecule has 1 aliphatic heterocycles. The number of nitrogens with zero attached hydrogens (tertiary/aromatic N) is 2. The second kappa shape index (κ2) is 7.80. The Kier molecular flexibility index (Phi) is 5.84. The maximum atomic E-state index is 2.41. The Morgan fingerprint density at radius 3 is 1.83 bits per heavy atom. The van der Waals surface area contributed by atoms with Crippen LogP contribution in [0.4, 0.5) is 11.4 Å². The molecule has 1 heterocycles. The molecule has 0 saturated carbocycles. The molecular weight excluding hydrogens is 364 g/mol. The van der Waals surface area contributed by atoms with Crippen LogP contribution in [0.15, 0.2) is 48.8 Å². The Morgan fingerprint density at radius 1 is 0.800 bits per heavy atom. The lowest BCUT2D eigenvalue weighted by Crippen LogP contribution is -2.36. The van der Waals surface area contributed by atoms with E-state index in [0.29, 0.717) is 5.92 Å². The Labute approximate surface area is 184 Å². The molecule has 1 aliphatic rings. The second-order valence-corrected chi connectivity index (χ2v) is 11.2. The van der Waals surface area contributed by atoms with Gasteiger partial charge in [0.2, 0.25) is 0 Å². The van der Waals surface area contributed by atoms with Gasteiger partial charge in [-0.25, -0.2) is 0 Å². The molecule has 2 aromatic rings. The zero-order valence-corrected chi connectivity index (χ0v) is 20.7. The molecule has 0 aliphatic carbocycles. The van der Waals surface area contributed by atoms with Crippen LogP contribution in [0.1, 0.15) is 90.5 Å². The molecule has 30 heavy (non-hydrogen) atoms. The van der Waals surface area contributed by atoms with E-state index in [9.17, 15) is 0 Å². The zero-order chi connectivity index (χ0) is 22.4. The summed E-state index contributed by atoms with van der Waals surface area (Å²) in [4.78, 5) is 4.81. The Balaban J connectivity index is 2.02. The summed E-state index contributed by atoms with van der Waals surface area (Å²) in [5, 5.41) is 0. The predicted octanol–water partition coefficient (Wildman–Crippen LogP) is 7.86. The monoisotopic (exact) mass is 404 g/mol. The lowest BCUT2D eigenvalue weighted by Gasteiger charge is -2.33. The summed E-state index contributed by atoms with van der Waals surface area (Å²) < 4.78 is 0. The molecule has 0 bridgehead atoms. The van der Waals surface area contributed by atoms with Crippen molar-refractivity contribution in [1.82, 2.24) is 0 Å². The summed E-state index contributed by atoms with van der Waals surface area (Å²) in [6, 6.07) is 13.8. The third-order valence-corrected chi connectivity index (χ3v) is 6.39. The first kappa shape index (κ1) is 22.5. The van der Waals surface area contributed by atoms with Crippen LogP contribution >= 0.6 is 0 Å². The largest absolute Gasteiger partial charge is 0.326 e. The zero-order valence-electron chi connectivity index (χ0n) is 20.7. The van der Waals surface area contributed by atoms with Gasteiger partial charge in [0.05, 0.1) is 0 Å². The molecule has 2 heteroatoms. The second-order valence-electron chi connectivity index (χ2n) is 11.2. The topological polar surface area (TPSA) is 6.48 Å². The van der Waals surface area contributed by atoms with Crippen LogP contribution in [0, 0.1) is 6.92 Å². The van der Waals surface area contributed by atoms with Gasteiger partial charge in [-0.2, -0.15) is 0 Å². The van der Waals surface area contributed by atoms with Gasteiger partial charge in [-0.15, -0.1) is 0 Å². The van der Waals surface area contributed by atoms with Crippen LogP contribution in [-0.2, 0) is 10.8 Å². The molecule has 0 saturated heterocycles. The molecule has 0 N–H and O–H groups in total. The summed E-state index contributed by atoms with van der Waals surface area (Å²) in [6.45, 7) is 22.9. The van der Waals surface area contributed by atoms with Gasteiger partial charge in [-0.3, -0.25) is 0 Å². The van der Waals surface area contributed by atoms with E-state index in [0.717, 1.165) is 0 Å². The fourth-order valence-corrected chi connectivity index (χ4v) is 4.28. The Bertz CT molecular complexity index is 906. The molecule has 0 radical (unpaired) electrons. The number of hydrogen-bond acceptors (Lipinski definition) is 2. The molecule has 0 aromatic heterocycles. The molecule has 2 aromatic carbocycles.